The molecule has 0 amide bonds. The Balaban J connectivity index is 7.44. The molecule has 0 radical (unpaired) electrons. The van der Waals surface area contributed by atoms with Gasteiger partial charge in [0, 0.05) is 0 Å². The Bertz CT molecular complexity index is 1030. The molecule has 272 valence electrons. The molecule has 45 heavy (non-hydrogen) atoms. The molecule has 4 nitrogen and oxygen atoms in total. The Morgan fingerprint density at radius 1 is 0.178 bits per heavy atom. The van der Waals surface area contributed by atoms with Gasteiger partial charge in [0.1, 0.15) is 0 Å². The Morgan fingerprint density at radius 3 is 0.511 bits per heavy atom. The fraction of sp³-hybridized carbons (Fsp3) is 1.00. The highest BCUT2D eigenvalue weighted by Crippen LogP contribution is 2.60. The third-order valence-electron chi connectivity index (χ3n) is 3.94. The average Bonchev–Trinajstić information content (AvgIpc) is 2.67. The van der Waals surface area contributed by atoms with Gasteiger partial charge in [-0.05, 0) is 0 Å². The molecule has 0 aliphatic heterocycles. The Morgan fingerprint density at radius 2 is 0.333 bits per heavy atom. The highest BCUT2D eigenvalue weighted by Gasteiger charge is 2.89. The van der Waals surface area contributed by atoms with Gasteiger partial charge >= 0.3 is 79.0 Å². The predicted molar refractivity (Wildman–Crippen MR) is 70.9 cm³/mol. The van der Waals surface area contributed by atoms with E-state index in [1.807, 2.05) is 0 Å². The second kappa shape index (κ2) is 11.0. The molecule has 0 N–H and O–H groups in total. The van der Waals surface area contributed by atoms with Crippen molar-refractivity contribution in [3.63, 3.8) is 0 Å². The Kier molecular flexibility index (Phi) is 10.5. The quantitative estimate of drug-likeness (QED) is 0.198. The van der Waals surface area contributed by atoms with Crippen LogP contribution in [0.2, 0.25) is 0 Å². The topological polar surface area (TPSA) is 36.9 Å². The number of hydrogen-bond acceptors (Lipinski definition) is 4. The van der Waals surface area contributed by atoms with Gasteiger partial charge < -0.3 is 0 Å². The van der Waals surface area contributed by atoms with Crippen molar-refractivity contribution in [2.24, 2.45) is 0 Å². The number of rotatable bonds is 11. The maximum absolute atomic E-state index is 14.1. The molecule has 0 aliphatic rings. The van der Waals surface area contributed by atoms with Crippen molar-refractivity contribution in [2.45, 2.75) is 79.0 Å². The SMILES string of the molecule is FC(F)(F)C(F)(F)OC(F)(F)C(F)(OC(F)(F)C(F)(OC(F)(F)C(F)(OC(F)(F)C(F)(F)F)C(F)(F)F)C(F)(F)F)C(F)(F)F. The molecule has 0 aromatic heterocycles. The minimum Gasteiger partial charge on any atom is -0.263 e. The second-order valence-electron chi connectivity index (χ2n) is 7.27. The molecule has 3 atom stereocenters. The number of alkyl halides is 28. The fourth-order valence-electron chi connectivity index (χ4n) is 1.85. The van der Waals surface area contributed by atoms with E-state index in [1.54, 1.807) is 0 Å². The van der Waals surface area contributed by atoms with Gasteiger partial charge in [0.05, 0.1) is 0 Å². The van der Waals surface area contributed by atoms with Crippen LogP contribution in [0.3, 0.4) is 0 Å². The van der Waals surface area contributed by atoms with E-state index in [-0.39, 0.29) is 0 Å². The molecular weight excluding hydrogens is 752 g/mol. The maximum atomic E-state index is 14.1. The summed E-state index contributed by atoms with van der Waals surface area (Å²) in [6, 6.07) is 0. The van der Waals surface area contributed by atoms with Crippen LogP contribution in [0.1, 0.15) is 0 Å². The van der Waals surface area contributed by atoms with E-state index in [9.17, 15) is 123 Å². The summed E-state index contributed by atoms with van der Waals surface area (Å²) < 4.78 is 365. The largest absolute Gasteiger partial charge is 0.483 e. The summed E-state index contributed by atoms with van der Waals surface area (Å²) >= 11 is 0. The molecule has 0 rings (SSSR count). The minimum atomic E-state index is -9.09. The van der Waals surface area contributed by atoms with Crippen LogP contribution >= 0.6 is 0 Å². The third-order valence-corrected chi connectivity index (χ3v) is 3.94. The van der Waals surface area contributed by atoms with Crippen molar-refractivity contribution in [1.82, 2.24) is 0 Å². The van der Waals surface area contributed by atoms with Crippen LogP contribution in [-0.2, 0) is 18.9 Å². The lowest BCUT2D eigenvalue weighted by molar-refractivity contribution is -0.595. The van der Waals surface area contributed by atoms with Gasteiger partial charge in [-0.3, -0.25) is 14.2 Å². The molecule has 0 bridgehead atoms. The lowest BCUT2D eigenvalue weighted by atomic mass is 10.2. The smallest absolute Gasteiger partial charge is 0.263 e. The van der Waals surface area contributed by atoms with Crippen LogP contribution in [0.25, 0.3) is 0 Å². The minimum absolute atomic E-state index is 0.863. The maximum Gasteiger partial charge on any atom is 0.483 e. The third kappa shape index (κ3) is 7.56. The van der Waals surface area contributed by atoms with Crippen molar-refractivity contribution in [3.8, 4) is 0 Å². The molecule has 0 saturated carbocycles. The molecule has 0 fully saturated rings. The summed E-state index contributed by atoms with van der Waals surface area (Å²) in [5, 5.41) is 0. The molecule has 0 aliphatic carbocycles. The summed E-state index contributed by atoms with van der Waals surface area (Å²) in [5.74, 6) is -26.7. The molecule has 0 saturated heterocycles. The number of halogens is 28. The van der Waals surface area contributed by atoms with Crippen LogP contribution in [0.5, 0.6) is 0 Å². The van der Waals surface area contributed by atoms with Crippen LogP contribution in [0, 0.1) is 0 Å². The van der Waals surface area contributed by atoms with E-state index in [1.165, 1.54) is 0 Å². The van der Waals surface area contributed by atoms with Gasteiger partial charge in [-0.2, -0.15) is 123 Å². The lowest BCUT2D eigenvalue weighted by Crippen LogP contribution is -2.71. The molecule has 0 aromatic carbocycles. The molecule has 0 heterocycles. The van der Waals surface area contributed by atoms with Gasteiger partial charge in [-0.25, -0.2) is 4.74 Å². The Hall–Kier alpha value is -2.12. The van der Waals surface area contributed by atoms with Gasteiger partial charge in [0.2, 0.25) is 0 Å². The molecule has 3 unspecified atom stereocenters. The van der Waals surface area contributed by atoms with Crippen molar-refractivity contribution < 1.29 is 142 Å². The standard InChI is InChI=1S/C13F28O4/c14-1(4(17,18)19,42-10(34,35)2(15,5(20,21)22)44-12(38,39)7(26,27)28)9(32,33)43-3(16,6(23,24)25)11(36,37)45-13(40,41)8(29,30)31. The summed E-state index contributed by atoms with van der Waals surface area (Å²) in [6.07, 6.45) is -83.9. The summed E-state index contributed by atoms with van der Waals surface area (Å²) in [4.78, 5) is 0. The summed E-state index contributed by atoms with van der Waals surface area (Å²) in [7, 11) is 0. The first-order chi connectivity index (χ1) is 18.8. The number of hydrogen-bond donors (Lipinski definition) is 0. The number of ether oxygens (including phenoxy) is 4. The monoisotopic (exact) mass is 752 g/mol. The fourth-order valence-corrected chi connectivity index (χ4v) is 1.85. The zero-order valence-electron chi connectivity index (χ0n) is 18.7. The van der Waals surface area contributed by atoms with Gasteiger partial charge in [0.25, 0.3) is 0 Å². The predicted octanol–water partition coefficient (Wildman–Crippen LogP) is 8.83. The van der Waals surface area contributed by atoms with E-state index < -0.39 is 79.0 Å². The second-order valence-corrected chi connectivity index (χ2v) is 7.27. The summed E-state index contributed by atoms with van der Waals surface area (Å²) in [5.41, 5.74) is 0. The van der Waals surface area contributed by atoms with Crippen LogP contribution in [0.15, 0.2) is 0 Å². The molecule has 0 aromatic rings. The van der Waals surface area contributed by atoms with E-state index >= 15 is 0 Å². The highest BCUT2D eigenvalue weighted by atomic mass is 19.5. The van der Waals surface area contributed by atoms with Gasteiger partial charge in [-0.15, -0.1) is 0 Å². The van der Waals surface area contributed by atoms with Crippen molar-refractivity contribution in [2.75, 3.05) is 0 Å². The van der Waals surface area contributed by atoms with Gasteiger partial charge in [-0.1, -0.05) is 0 Å². The Labute approximate surface area is 222 Å². The van der Waals surface area contributed by atoms with Crippen molar-refractivity contribution >= 4 is 0 Å². The summed E-state index contributed by atoms with van der Waals surface area (Å²) in [6.45, 7) is 0. The highest BCUT2D eigenvalue weighted by molar-refractivity contribution is 4.98. The van der Waals surface area contributed by atoms with Gasteiger partial charge in [0.15, 0.2) is 0 Å². The van der Waals surface area contributed by atoms with E-state index in [4.69, 9.17) is 0 Å². The lowest BCUT2D eigenvalue weighted by Gasteiger charge is -2.43. The molecule has 0 spiro atoms. The van der Waals surface area contributed by atoms with E-state index in [2.05, 4.69) is 0 Å². The average molecular weight is 752 g/mol. The van der Waals surface area contributed by atoms with Crippen molar-refractivity contribution in [3.05, 3.63) is 0 Å². The molecular formula is C13F28O4. The van der Waals surface area contributed by atoms with Crippen molar-refractivity contribution in [1.29, 1.82) is 0 Å². The van der Waals surface area contributed by atoms with E-state index in [0.717, 1.165) is 18.9 Å². The van der Waals surface area contributed by atoms with Crippen LogP contribution in [-0.4, -0.2) is 79.0 Å². The first-order valence-corrected chi connectivity index (χ1v) is 8.92. The first-order valence-electron chi connectivity index (χ1n) is 8.92. The zero-order valence-corrected chi connectivity index (χ0v) is 18.7. The zero-order chi connectivity index (χ0) is 37.3. The van der Waals surface area contributed by atoms with Crippen LogP contribution in [0.4, 0.5) is 123 Å². The van der Waals surface area contributed by atoms with Crippen LogP contribution < -0.4 is 0 Å². The first kappa shape index (κ1) is 42.9. The van der Waals surface area contributed by atoms with E-state index in [0.29, 0.717) is 0 Å². The normalized spacial score (nSPS) is 20.0. The molecule has 32 heteroatoms.